The Morgan fingerprint density at radius 3 is 2.42 bits per heavy atom. The Kier molecular flexibility index (Phi) is 2.56. The highest BCUT2D eigenvalue weighted by Crippen LogP contribution is 2.34. The molecule has 0 saturated carbocycles. The van der Waals surface area contributed by atoms with Crippen LogP contribution in [0.15, 0.2) is 48.5 Å². The van der Waals surface area contributed by atoms with Crippen molar-refractivity contribution in [3.05, 3.63) is 59.7 Å². The molecular formula is C15H11NO3. The molecule has 2 aromatic rings. The van der Waals surface area contributed by atoms with Gasteiger partial charge in [0.25, 0.3) is 0 Å². The third-order valence-electron chi connectivity index (χ3n) is 3.20. The molecule has 4 heteroatoms. The molecule has 0 aromatic heterocycles. The minimum absolute atomic E-state index is 0.00396. The number of hydrogen-bond donors (Lipinski definition) is 1. The van der Waals surface area contributed by atoms with Gasteiger partial charge >= 0.3 is 5.97 Å². The summed E-state index contributed by atoms with van der Waals surface area (Å²) in [6, 6.07) is 13.9. The average molecular weight is 253 g/mol. The summed E-state index contributed by atoms with van der Waals surface area (Å²) in [5, 5.41) is 8.87. The highest BCUT2D eigenvalue weighted by molar-refractivity contribution is 6.07. The van der Waals surface area contributed by atoms with E-state index < -0.39 is 5.97 Å². The number of nitrogens with zero attached hydrogens (tertiary/aromatic N) is 1. The van der Waals surface area contributed by atoms with Crippen molar-refractivity contribution in [2.24, 2.45) is 0 Å². The van der Waals surface area contributed by atoms with Crippen molar-refractivity contribution in [1.82, 2.24) is 0 Å². The van der Waals surface area contributed by atoms with Crippen LogP contribution in [0.5, 0.6) is 0 Å². The number of fused-ring (bicyclic) bond motifs is 1. The Morgan fingerprint density at radius 1 is 1.05 bits per heavy atom. The summed E-state index contributed by atoms with van der Waals surface area (Å²) in [4.78, 5) is 24.5. The molecule has 2 aromatic carbocycles. The molecule has 3 rings (SSSR count). The van der Waals surface area contributed by atoms with Gasteiger partial charge in [-0.15, -0.1) is 0 Å². The van der Waals surface area contributed by atoms with Crippen LogP contribution < -0.4 is 4.90 Å². The van der Waals surface area contributed by atoms with Gasteiger partial charge in [-0.1, -0.05) is 18.2 Å². The fraction of sp³-hybridized carbons (Fsp3) is 0.0667. The van der Waals surface area contributed by atoms with Crippen LogP contribution in [0.4, 0.5) is 11.4 Å². The molecule has 1 N–H and O–H groups in total. The standard InChI is InChI=1S/C15H11NO3/c17-14-9-11-3-1-2-4-13(11)16(14)12-7-5-10(6-8-12)15(18)19/h1-8H,9H2,(H,18,19). The number of carboxylic acids is 1. The number of rotatable bonds is 2. The molecule has 94 valence electrons. The lowest BCUT2D eigenvalue weighted by atomic mass is 10.1. The van der Waals surface area contributed by atoms with Gasteiger partial charge in [-0.25, -0.2) is 4.79 Å². The molecule has 1 aliphatic heterocycles. The first-order chi connectivity index (χ1) is 9.16. The van der Waals surface area contributed by atoms with E-state index in [-0.39, 0.29) is 11.5 Å². The summed E-state index contributed by atoms with van der Waals surface area (Å²) in [5.74, 6) is -0.969. The van der Waals surface area contributed by atoms with Gasteiger partial charge in [0, 0.05) is 5.69 Å². The van der Waals surface area contributed by atoms with Gasteiger partial charge < -0.3 is 5.11 Å². The van der Waals surface area contributed by atoms with Crippen LogP contribution >= 0.6 is 0 Å². The molecule has 1 aliphatic rings. The minimum atomic E-state index is -0.973. The molecule has 0 saturated heterocycles. The Balaban J connectivity index is 2.02. The minimum Gasteiger partial charge on any atom is -0.478 e. The summed E-state index contributed by atoms with van der Waals surface area (Å²) in [5.41, 5.74) is 2.77. The predicted octanol–water partition coefficient (Wildman–Crippen LogP) is 2.61. The highest BCUT2D eigenvalue weighted by atomic mass is 16.4. The van der Waals surface area contributed by atoms with Crippen LogP contribution in [-0.2, 0) is 11.2 Å². The zero-order chi connectivity index (χ0) is 13.4. The maximum Gasteiger partial charge on any atom is 0.335 e. The van der Waals surface area contributed by atoms with Crippen LogP contribution in [0, 0.1) is 0 Å². The third kappa shape index (κ3) is 1.87. The quantitative estimate of drug-likeness (QED) is 0.895. The Morgan fingerprint density at radius 2 is 1.74 bits per heavy atom. The molecular weight excluding hydrogens is 242 g/mol. The Bertz CT molecular complexity index is 661. The van der Waals surface area contributed by atoms with Gasteiger partial charge in [0.05, 0.1) is 17.7 Å². The average Bonchev–Trinajstić information content (AvgIpc) is 2.74. The van der Waals surface area contributed by atoms with Crippen molar-refractivity contribution < 1.29 is 14.7 Å². The smallest absolute Gasteiger partial charge is 0.335 e. The van der Waals surface area contributed by atoms with Gasteiger partial charge in [-0.2, -0.15) is 0 Å². The van der Waals surface area contributed by atoms with Gasteiger partial charge in [0.15, 0.2) is 0 Å². The molecule has 0 atom stereocenters. The van der Waals surface area contributed by atoms with Crippen LogP contribution in [0.25, 0.3) is 0 Å². The number of para-hydroxylation sites is 1. The summed E-state index contributed by atoms with van der Waals surface area (Å²) in [7, 11) is 0. The van der Waals surface area contributed by atoms with E-state index in [4.69, 9.17) is 5.11 Å². The van der Waals surface area contributed by atoms with E-state index in [9.17, 15) is 9.59 Å². The van der Waals surface area contributed by atoms with Crippen LogP contribution in [-0.4, -0.2) is 17.0 Å². The highest BCUT2D eigenvalue weighted by Gasteiger charge is 2.27. The predicted molar refractivity (Wildman–Crippen MR) is 70.7 cm³/mol. The third-order valence-corrected chi connectivity index (χ3v) is 3.20. The second-order valence-electron chi connectivity index (χ2n) is 4.39. The second kappa shape index (κ2) is 4.24. The zero-order valence-corrected chi connectivity index (χ0v) is 10.0. The van der Waals surface area contributed by atoms with E-state index in [2.05, 4.69) is 0 Å². The number of amides is 1. The largest absolute Gasteiger partial charge is 0.478 e. The molecule has 0 spiro atoms. The first-order valence-corrected chi connectivity index (χ1v) is 5.91. The van der Waals surface area contributed by atoms with Gasteiger partial charge in [-0.05, 0) is 35.9 Å². The molecule has 0 aliphatic carbocycles. The number of benzene rings is 2. The molecule has 1 heterocycles. The van der Waals surface area contributed by atoms with Crippen LogP contribution in [0.1, 0.15) is 15.9 Å². The molecule has 0 unspecified atom stereocenters. The van der Waals surface area contributed by atoms with Crippen molar-refractivity contribution in [2.75, 3.05) is 4.90 Å². The summed E-state index contributed by atoms with van der Waals surface area (Å²) in [6.45, 7) is 0. The monoisotopic (exact) mass is 253 g/mol. The first-order valence-electron chi connectivity index (χ1n) is 5.91. The van der Waals surface area contributed by atoms with E-state index in [0.717, 1.165) is 11.3 Å². The zero-order valence-electron chi connectivity index (χ0n) is 10.0. The van der Waals surface area contributed by atoms with Crippen molar-refractivity contribution in [2.45, 2.75) is 6.42 Å². The van der Waals surface area contributed by atoms with E-state index in [1.807, 2.05) is 24.3 Å². The lowest BCUT2D eigenvalue weighted by Crippen LogP contribution is -2.20. The summed E-state index contributed by atoms with van der Waals surface area (Å²) in [6.07, 6.45) is 0.386. The van der Waals surface area contributed by atoms with E-state index in [1.165, 1.54) is 12.1 Å². The second-order valence-corrected chi connectivity index (χ2v) is 4.39. The van der Waals surface area contributed by atoms with Gasteiger partial charge in [-0.3, -0.25) is 9.69 Å². The molecule has 4 nitrogen and oxygen atoms in total. The molecule has 0 radical (unpaired) electrons. The lowest BCUT2D eigenvalue weighted by molar-refractivity contribution is -0.116. The maximum absolute atomic E-state index is 12.1. The number of carbonyl (C=O) groups is 2. The number of hydrogen-bond acceptors (Lipinski definition) is 2. The van der Waals surface area contributed by atoms with E-state index in [1.54, 1.807) is 17.0 Å². The topological polar surface area (TPSA) is 57.6 Å². The van der Waals surface area contributed by atoms with Crippen molar-refractivity contribution >= 4 is 23.3 Å². The van der Waals surface area contributed by atoms with Crippen LogP contribution in [0.3, 0.4) is 0 Å². The fourth-order valence-electron chi connectivity index (χ4n) is 2.29. The fourth-order valence-corrected chi connectivity index (χ4v) is 2.29. The Hall–Kier alpha value is -2.62. The van der Waals surface area contributed by atoms with Crippen molar-refractivity contribution in [1.29, 1.82) is 0 Å². The van der Waals surface area contributed by atoms with E-state index in [0.29, 0.717) is 12.1 Å². The number of anilines is 2. The van der Waals surface area contributed by atoms with Gasteiger partial charge in [0.1, 0.15) is 0 Å². The summed E-state index contributed by atoms with van der Waals surface area (Å²) < 4.78 is 0. The van der Waals surface area contributed by atoms with Crippen molar-refractivity contribution in [3.8, 4) is 0 Å². The summed E-state index contributed by atoms with van der Waals surface area (Å²) >= 11 is 0. The normalized spacial score (nSPS) is 13.5. The Labute approximate surface area is 109 Å². The van der Waals surface area contributed by atoms with Gasteiger partial charge in [0.2, 0.25) is 5.91 Å². The number of aromatic carboxylic acids is 1. The number of carbonyl (C=O) groups excluding carboxylic acids is 1. The molecule has 0 bridgehead atoms. The number of carboxylic acid groups (broad SMARTS) is 1. The van der Waals surface area contributed by atoms with Crippen molar-refractivity contribution in [3.63, 3.8) is 0 Å². The first kappa shape index (κ1) is 11.5. The molecule has 19 heavy (non-hydrogen) atoms. The molecule has 0 fully saturated rings. The lowest BCUT2D eigenvalue weighted by Gasteiger charge is -2.17. The SMILES string of the molecule is O=C(O)c1ccc(N2C(=O)Cc3ccccc32)cc1. The maximum atomic E-state index is 12.1. The van der Waals surface area contributed by atoms with Crippen LogP contribution in [0.2, 0.25) is 0 Å². The van der Waals surface area contributed by atoms with E-state index >= 15 is 0 Å². The molecule has 1 amide bonds.